The Morgan fingerprint density at radius 3 is 2.39 bits per heavy atom. The zero-order valence-electron chi connectivity index (χ0n) is 17.1. The SMILES string of the molecule is CN=C(NCc1ccc(NCCOC)cc1)NC(C)CCc1ccccc1.I. The molecule has 1 atom stereocenters. The lowest BCUT2D eigenvalue weighted by Gasteiger charge is -2.18. The number of ether oxygens (including phenoxy) is 1. The van der Waals surface area contributed by atoms with Gasteiger partial charge in [-0.1, -0.05) is 42.5 Å². The van der Waals surface area contributed by atoms with Gasteiger partial charge in [-0.2, -0.15) is 0 Å². The summed E-state index contributed by atoms with van der Waals surface area (Å²) in [6, 6.07) is 19.3. The quantitative estimate of drug-likeness (QED) is 0.201. The van der Waals surface area contributed by atoms with E-state index in [1.807, 2.05) is 7.05 Å². The number of methoxy groups -OCH3 is 1. The molecule has 0 saturated carbocycles. The molecule has 0 fully saturated rings. The highest BCUT2D eigenvalue weighted by Crippen LogP contribution is 2.09. The predicted octanol–water partition coefficient (Wildman–Crippen LogP) is 4.05. The minimum absolute atomic E-state index is 0. The molecule has 0 saturated heterocycles. The number of rotatable bonds is 10. The van der Waals surface area contributed by atoms with Gasteiger partial charge in [-0.15, -0.1) is 24.0 Å². The number of hydrogen-bond acceptors (Lipinski definition) is 3. The number of anilines is 1. The molecular formula is C22H33IN4O. The molecule has 0 bridgehead atoms. The highest BCUT2D eigenvalue weighted by molar-refractivity contribution is 14.0. The average Bonchev–Trinajstić information content (AvgIpc) is 2.71. The Balaban J connectivity index is 0.00000392. The van der Waals surface area contributed by atoms with Crippen LogP contribution in [0.15, 0.2) is 59.6 Å². The van der Waals surface area contributed by atoms with E-state index >= 15 is 0 Å². The van der Waals surface area contributed by atoms with E-state index in [1.165, 1.54) is 11.1 Å². The average molecular weight is 496 g/mol. The largest absolute Gasteiger partial charge is 0.383 e. The van der Waals surface area contributed by atoms with Crippen molar-refractivity contribution in [3.05, 3.63) is 65.7 Å². The Morgan fingerprint density at radius 2 is 1.75 bits per heavy atom. The lowest BCUT2D eigenvalue weighted by molar-refractivity contribution is 0.211. The van der Waals surface area contributed by atoms with Crippen molar-refractivity contribution in [2.45, 2.75) is 32.4 Å². The van der Waals surface area contributed by atoms with Crippen molar-refractivity contribution in [1.29, 1.82) is 0 Å². The number of guanidine groups is 1. The van der Waals surface area contributed by atoms with Crippen LogP contribution in [0.1, 0.15) is 24.5 Å². The van der Waals surface area contributed by atoms with Gasteiger partial charge in [-0.05, 0) is 43.0 Å². The van der Waals surface area contributed by atoms with Crippen molar-refractivity contribution in [2.24, 2.45) is 4.99 Å². The molecule has 0 aromatic heterocycles. The van der Waals surface area contributed by atoms with Crippen LogP contribution in [-0.4, -0.2) is 39.3 Å². The lowest BCUT2D eigenvalue weighted by atomic mass is 10.1. The van der Waals surface area contributed by atoms with Crippen LogP contribution in [-0.2, 0) is 17.7 Å². The van der Waals surface area contributed by atoms with E-state index in [2.05, 4.69) is 82.5 Å². The Kier molecular flexibility index (Phi) is 12.3. The van der Waals surface area contributed by atoms with Gasteiger partial charge in [0.05, 0.1) is 6.61 Å². The van der Waals surface area contributed by atoms with E-state index in [4.69, 9.17) is 4.74 Å². The number of hydrogen-bond donors (Lipinski definition) is 3. The number of halogens is 1. The number of aryl methyl sites for hydroxylation is 1. The smallest absolute Gasteiger partial charge is 0.191 e. The highest BCUT2D eigenvalue weighted by Gasteiger charge is 2.06. The second-order valence-electron chi connectivity index (χ2n) is 6.61. The number of nitrogens with one attached hydrogen (secondary N) is 3. The summed E-state index contributed by atoms with van der Waals surface area (Å²) in [6.07, 6.45) is 2.12. The van der Waals surface area contributed by atoms with Gasteiger partial charge in [0.25, 0.3) is 0 Å². The van der Waals surface area contributed by atoms with E-state index < -0.39 is 0 Å². The van der Waals surface area contributed by atoms with Crippen LogP contribution in [0.2, 0.25) is 0 Å². The maximum Gasteiger partial charge on any atom is 0.191 e. The fraction of sp³-hybridized carbons (Fsp3) is 0.409. The first-order chi connectivity index (χ1) is 13.2. The summed E-state index contributed by atoms with van der Waals surface area (Å²) in [4.78, 5) is 4.33. The first-order valence-electron chi connectivity index (χ1n) is 9.54. The summed E-state index contributed by atoms with van der Waals surface area (Å²) in [7, 11) is 3.52. The molecule has 0 heterocycles. The minimum Gasteiger partial charge on any atom is -0.383 e. The molecular weight excluding hydrogens is 463 g/mol. The van der Waals surface area contributed by atoms with Gasteiger partial charge in [-0.3, -0.25) is 4.99 Å². The van der Waals surface area contributed by atoms with Gasteiger partial charge in [0.2, 0.25) is 0 Å². The van der Waals surface area contributed by atoms with Crippen LogP contribution in [0.5, 0.6) is 0 Å². The Morgan fingerprint density at radius 1 is 1.04 bits per heavy atom. The summed E-state index contributed by atoms with van der Waals surface area (Å²) >= 11 is 0. The molecule has 1 unspecified atom stereocenters. The normalized spacial score (nSPS) is 12.0. The third kappa shape index (κ3) is 9.41. The molecule has 0 radical (unpaired) electrons. The maximum absolute atomic E-state index is 5.05. The van der Waals surface area contributed by atoms with Crippen LogP contribution in [0.25, 0.3) is 0 Å². The molecule has 2 aromatic rings. The molecule has 0 aliphatic heterocycles. The summed E-state index contributed by atoms with van der Waals surface area (Å²) < 4.78 is 5.05. The Labute approximate surface area is 186 Å². The van der Waals surface area contributed by atoms with Crippen molar-refractivity contribution in [3.8, 4) is 0 Å². The van der Waals surface area contributed by atoms with E-state index in [1.54, 1.807) is 7.11 Å². The molecule has 28 heavy (non-hydrogen) atoms. The standard InChI is InChI=1S/C22H32N4O.HI/c1-18(9-10-19-7-5-4-6-8-19)26-22(23-2)25-17-20-11-13-21(14-12-20)24-15-16-27-3;/h4-8,11-14,18,24H,9-10,15-17H2,1-3H3,(H2,23,25,26);1H. The van der Waals surface area contributed by atoms with Gasteiger partial charge in [0.1, 0.15) is 0 Å². The second-order valence-corrected chi connectivity index (χ2v) is 6.61. The van der Waals surface area contributed by atoms with Crippen molar-refractivity contribution < 1.29 is 4.74 Å². The summed E-state index contributed by atoms with van der Waals surface area (Å²) in [5.74, 6) is 0.831. The predicted molar refractivity (Wildman–Crippen MR) is 130 cm³/mol. The zero-order chi connectivity index (χ0) is 19.3. The minimum atomic E-state index is 0. The van der Waals surface area contributed by atoms with Crippen molar-refractivity contribution in [2.75, 3.05) is 32.6 Å². The lowest BCUT2D eigenvalue weighted by Crippen LogP contribution is -2.42. The van der Waals surface area contributed by atoms with Gasteiger partial charge in [0.15, 0.2) is 5.96 Å². The third-order valence-corrected chi connectivity index (χ3v) is 4.36. The second kappa shape index (κ2) is 14.2. The van der Waals surface area contributed by atoms with Crippen LogP contribution >= 0.6 is 24.0 Å². The molecule has 6 heteroatoms. The van der Waals surface area contributed by atoms with E-state index in [-0.39, 0.29) is 24.0 Å². The Hall–Kier alpha value is -1.80. The summed E-state index contributed by atoms with van der Waals surface area (Å²) in [6.45, 7) is 4.44. The topological polar surface area (TPSA) is 57.7 Å². The van der Waals surface area contributed by atoms with Crippen molar-refractivity contribution >= 4 is 35.6 Å². The summed E-state index contributed by atoms with van der Waals surface area (Å²) in [5, 5.41) is 10.2. The van der Waals surface area contributed by atoms with Gasteiger partial charge in [-0.25, -0.2) is 0 Å². The summed E-state index contributed by atoms with van der Waals surface area (Å²) in [5.41, 5.74) is 3.69. The fourth-order valence-corrected chi connectivity index (χ4v) is 2.75. The number of aliphatic imine (C=N–C) groups is 1. The molecule has 0 aliphatic carbocycles. The molecule has 2 rings (SSSR count). The molecule has 0 amide bonds. The van der Waals surface area contributed by atoms with Gasteiger partial charge in [0, 0.05) is 39.0 Å². The third-order valence-electron chi connectivity index (χ3n) is 4.36. The Bertz CT molecular complexity index is 677. The molecule has 2 aromatic carbocycles. The van der Waals surface area contributed by atoms with Crippen LogP contribution in [0, 0.1) is 0 Å². The molecule has 3 N–H and O–H groups in total. The van der Waals surface area contributed by atoms with E-state index in [0.717, 1.165) is 37.6 Å². The molecule has 5 nitrogen and oxygen atoms in total. The highest BCUT2D eigenvalue weighted by atomic mass is 127. The molecule has 0 aliphatic rings. The van der Waals surface area contributed by atoms with Crippen LogP contribution in [0.4, 0.5) is 5.69 Å². The monoisotopic (exact) mass is 496 g/mol. The van der Waals surface area contributed by atoms with Crippen molar-refractivity contribution in [3.63, 3.8) is 0 Å². The van der Waals surface area contributed by atoms with E-state index in [0.29, 0.717) is 12.6 Å². The van der Waals surface area contributed by atoms with E-state index in [9.17, 15) is 0 Å². The molecule has 154 valence electrons. The first kappa shape index (κ1) is 24.2. The number of nitrogens with zero attached hydrogens (tertiary/aromatic N) is 1. The van der Waals surface area contributed by atoms with Crippen molar-refractivity contribution in [1.82, 2.24) is 10.6 Å². The number of benzene rings is 2. The van der Waals surface area contributed by atoms with Gasteiger partial charge >= 0.3 is 0 Å². The first-order valence-corrected chi connectivity index (χ1v) is 9.54. The van der Waals surface area contributed by atoms with Crippen LogP contribution in [0.3, 0.4) is 0 Å². The molecule has 0 spiro atoms. The maximum atomic E-state index is 5.05. The fourth-order valence-electron chi connectivity index (χ4n) is 2.75. The zero-order valence-corrected chi connectivity index (χ0v) is 19.4. The van der Waals surface area contributed by atoms with Crippen LogP contribution < -0.4 is 16.0 Å². The van der Waals surface area contributed by atoms with Gasteiger partial charge < -0.3 is 20.7 Å².